The zero-order chi connectivity index (χ0) is 28.1. The molecule has 3 aromatic rings. The summed E-state index contributed by atoms with van der Waals surface area (Å²) in [5, 5.41) is 4.28. The van der Waals surface area contributed by atoms with Crippen LogP contribution in [0.1, 0.15) is 13.8 Å². The lowest BCUT2D eigenvalue weighted by molar-refractivity contribution is -0.152. The lowest BCUT2D eigenvalue weighted by Gasteiger charge is -2.21. The van der Waals surface area contributed by atoms with Crippen LogP contribution in [-0.2, 0) is 30.8 Å². The molecule has 0 spiro atoms. The Kier molecular flexibility index (Phi) is 9.11. The molecule has 0 N–H and O–H groups in total. The van der Waals surface area contributed by atoms with E-state index in [4.69, 9.17) is 14.2 Å². The van der Waals surface area contributed by atoms with Crippen molar-refractivity contribution in [3.05, 3.63) is 42.6 Å². The third-order valence-electron chi connectivity index (χ3n) is 5.71. The van der Waals surface area contributed by atoms with Gasteiger partial charge in [-0.15, -0.1) is 5.10 Å². The monoisotopic (exact) mass is 560 g/mol. The largest absolute Gasteiger partial charge is 0.476 e. The van der Waals surface area contributed by atoms with Gasteiger partial charge in [0.15, 0.2) is 5.82 Å². The molecule has 10 nitrogen and oxygen atoms in total. The van der Waals surface area contributed by atoms with Crippen LogP contribution in [0.2, 0.25) is 25.7 Å². The van der Waals surface area contributed by atoms with E-state index in [1.54, 1.807) is 26.1 Å². The molecular formula is C26H36N4O6SSi. The average molecular weight is 561 g/mol. The van der Waals surface area contributed by atoms with Crippen molar-refractivity contribution in [2.75, 3.05) is 26.6 Å². The van der Waals surface area contributed by atoms with Gasteiger partial charge in [0.1, 0.15) is 13.3 Å². The van der Waals surface area contributed by atoms with Crippen molar-refractivity contribution in [2.24, 2.45) is 5.41 Å². The molecule has 0 bridgehead atoms. The third-order valence-corrected chi connectivity index (χ3v) is 8.38. The van der Waals surface area contributed by atoms with Gasteiger partial charge in [0, 0.05) is 44.3 Å². The second-order valence-electron chi connectivity index (χ2n) is 11.0. The Labute approximate surface area is 225 Å². The first-order chi connectivity index (χ1) is 17.7. The number of methoxy groups -OCH3 is 1. The van der Waals surface area contributed by atoms with Gasteiger partial charge in [-0.05, 0) is 31.5 Å². The standard InChI is InChI=1S/C26H36N4O6SSi/c1-26(2,24(31)34-3)17-36-22-13-12-21(16-27-22)19-8-10-20(11-9-19)23-28-25(37(4,32)33)30(29-23)18-35-14-15-38(5,6)7/h8-13,16H,14-15,17-18H2,1-7H3. The highest BCUT2D eigenvalue weighted by molar-refractivity contribution is 7.90. The molecule has 2 aromatic heterocycles. The number of nitrogens with zero attached hydrogens (tertiary/aromatic N) is 4. The molecule has 0 saturated heterocycles. The first-order valence-corrected chi connectivity index (χ1v) is 17.8. The van der Waals surface area contributed by atoms with E-state index < -0.39 is 23.3 Å². The summed E-state index contributed by atoms with van der Waals surface area (Å²) in [6, 6.07) is 12.0. The van der Waals surface area contributed by atoms with Crippen molar-refractivity contribution in [1.82, 2.24) is 19.7 Å². The van der Waals surface area contributed by atoms with Crippen molar-refractivity contribution < 1.29 is 27.4 Å². The van der Waals surface area contributed by atoms with Crippen LogP contribution in [0.25, 0.3) is 22.5 Å². The quantitative estimate of drug-likeness (QED) is 0.181. The van der Waals surface area contributed by atoms with Gasteiger partial charge < -0.3 is 14.2 Å². The number of aromatic nitrogens is 4. The maximum atomic E-state index is 12.3. The summed E-state index contributed by atoms with van der Waals surface area (Å²) >= 11 is 0. The minimum absolute atomic E-state index is 0.0227. The van der Waals surface area contributed by atoms with Crippen LogP contribution in [0.5, 0.6) is 5.88 Å². The summed E-state index contributed by atoms with van der Waals surface area (Å²) in [5.74, 6) is 0.352. The predicted molar refractivity (Wildman–Crippen MR) is 147 cm³/mol. The summed E-state index contributed by atoms with van der Waals surface area (Å²) < 4.78 is 42.1. The lowest BCUT2D eigenvalue weighted by atomic mass is 9.95. The number of benzene rings is 1. The molecule has 2 heterocycles. The number of ether oxygens (including phenoxy) is 3. The highest BCUT2D eigenvalue weighted by Crippen LogP contribution is 2.26. The number of sulfone groups is 1. The van der Waals surface area contributed by atoms with E-state index in [-0.39, 0.29) is 24.5 Å². The zero-order valence-electron chi connectivity index (χ0n) is 23.0. The van der Waals surface area contributed by atoms with E-state index in [0.29, 0.717) is 23.9 Å². The summed E-state index contributed by atoms with van der Waals surface area (Å²) in [7, 11) is -3.51. The summed E-state index contributed by atoms with van der Waals surface area (Å²) in [6.07, 6.45) is 2.79. The van der Waals surface area contributed by atoms with Crippen LogP contribution < -0.4 is 4.74 Å². The Bertz CT molecular complexity index is 1350. The smallest absolute Gasteiger partial charge is 0.314 e. The number of carbonyl (C=O) groups excluding carboxylic acids is 1. The molecular weight excluding hydrogens is 524 g/mol. The molecule has 12 heteroatoms. The maximum absolute atomic E-state index is 12.3. The molecule has 206 valence electrons. The minimum Gasteiger partial charge on any atom is -0.476 e. The van der Waals surface area contributed by atoms with Gasteiger partial charge >= 0.3 is 5.97 Å². The number of rotatable bonds is 12. The van der Waals surface area contributed by atoms with Crippen LogP contribution in [0, 0.1) is 5.41 Å². The van der Waals surface area contributed by atoms with Crippen LogP contribution in [-0.4, -0.2) is 68.8 Å². The van der Waals surface area contributed by atoms with Crippen LogP contribution in [0.15, 0.2) is 47.8 Å². The molecule has 1 aromatic carbocycles. The molecule has 0 aliphatic carbocycles. The van der Waals surface area contributed by atoms with Gasteiger partial charge in [-0.3, -0.25) is 4.79 Å². The summed E-state index contributed by atoms with van der Waals surface area (Å²) in [6.45, 7) is 10.9. The second kappa shape index (κ2) is 11.7. The van der Waals surface area contributed by atoms with Crippen molar-refractivity contribution in [3.63, 3.8) is 0 Å². The molecule has 38 heavy (non-hydrogen) atoms. The van der Waals surface area contributed by atoms with Gasteiger partial charge in [-0.25, -0.2) is 18.1 Å². The number of hydrogen-bond acceptors (Lipinski definition) is 9. The van der Waals surface area contributed by atoms with Crippen LogP contribution >= 0.6 is 0 Å². The molecule has 0 fully saturated rings. The first-order valence-electron chi connectivity index (χ1n) is 12.2. The third kappa shape index (κ3) is 7.95. The Morgan fingerprint density at radius 1 is 1.03 bits per heavy atom. The summed E-state index contributed by atoms with van der Waals surface area (Å²) in [4.78, 5) is 20.4. The highest BCUT2D eigenvalue weighted by Gasteiger charge is 2.30. The first kappa shape index (κ1) is 29.5. The second-order valence-corrected chi connectivity index (χ2v) is 18.5. The Morgan fingerprint density at radius 3 is 2.21 bits per heavy atom. The van der Waals surface area contributed by atoms with E-state index in [9.17, 15) is 13.2 Å². The number of esters is 1. The Balaban J connectivity index is 1.71. The van der Waals surface area contributed by atoms with E-state index in [0.717, 1.165) is 23.4 Å². The molecule has 3 rings (SSSR count). The van der Waals surface area contributed by atoms with Crippen molar-refractivity contribution in [2.45, 2.75) is 51.4 Å². The Morgan fingerprint density at radius 2 is 1.66 bits per heavy atom. The van der Waals surface area contributed by atoms with E-state index in [1.807, 2.05) is 30.3 Å². The van der Waals surface area contributed by atoms with Crippen LogP contribution in [0.4, 0.5) is 0 Å². The van der Waals surface area contributed by atoms with Gasteiger partial charge in [0.2, 0.25) is 20.9 Å². The van der Waals surface area contributed by atoms with E-state index in [1.165, 1.54) is 11.8 Å². The lowest BCUT2D eigenvalue weighted by Crippen LogP contribution is -2.32. The zero-order valence-corrected chi connectivity index (χ0v) is 24.8. The van der Waals surface area contributed by atoms with Crippen molar-refractivity contribution in [1.29, 1.82) is 0 Å². The normalized spacial score (nSPS) is 12.4. The fourth-order valence-corrected chi connectivity index (χ4v) is 4.86. The molecule has 0 aliphatic heterocycles. The van der Waals surface area contributed by atoms with Gasteiger partial charge in [-0.1, -0.05) is 43.9 Å². The van der Waals surface area contributed by atoms with Gasteiger partial charge in [0.25, 0.3) is 0 Å². The van der Waals surface area contributed by atoms with Gasteiger partial charge in [0.05, 0.1) is 12.5 Å². The van der Waals surface area contributed by atoms with Crippen LogP contribution in [0.3, 0.4) is 0 Å². The highest BCUT2D eigenvalue weighted by atomic mass is 32.2. The van der Waals surface area contributed by atoms with E-state index >= 15 is 0 Å². The fourth-order valence-electron chi connectivity index (χ4n) is 3.38. The molecule has 0 amide bonds. The van der Waals surface area contributed by atoms with Crippen molar-refractivity contribution in [3.8, 4) is 28.4 Å². The minimum atomic E-state index is -3.59. The number of pyridine rings is 1. The molecule has 0 atom stereocenters. The average Bonchev–Trinajstić information content (AvgIpc) is 3.30. The molecule has 0 radical (unpaired) electrons. The topological polar surface area (TPSA) is 123 Å². The van der Waals surface area contributed by atoms with E-state index in [2.05, 4.69) is 34.7 Å². The molecule has 0 unspecified atom stereocenters. The SMILES string of the molecule is COC(=O)C(C)(C)COc1ccc(-c2ccc(-c3nc(S(C)(=O)=O)n(COCC[Si](C)(C)C)n3)cc2)cn1. The maximum Gasteiger partial charge on any atom is 0.314 e. The Hall–Kier alpha value is -3.09. The predicted octanol–water partition coefficient (Wildman–Crippen LogP) is 4.30. The molecule has 0 saturated carbocycles. The number of hydrogen-bond donors (Lipinski definition) is 0. The summed E-state index contributed by atoms with van der Waals surface area (Å²) in [5.41, 5.74) is 1.66. The van der Waals surface area contributed by atoms with Crippen molar-refractivity contribution >= 4 is 23.9 Å². The number of carbonyl (C=O) groups is 1. The molecule has 0 aliphatic rings. The fraction of sp³-hybridized carbons (Fsp3) is 0.462. The van der Waals surface area contributed by atoms with Gasteiger partial charge in [-0.2, -0.15) is 4.98 Å².